The molecule has 0 spiro atoms. The van der Waals surface area contributed by atoms with Gasteiger partial charge in [-0.2, -0.15) is 0 Å². The zero-order valence-electron chi connectivity index (χ0n) is 15.5. The number of ether oxygens (including phenoxy) is 1. The Morgan fingerprint density at radius 1 is 0.966 bits per heavy atom. The van der Waals surface area contributed by atoms with Crippen LogP contribution in [0.3, 0.4) is 0 Å². The molecule has 0 saturated carbocycles. The van der Waals surface area contributed by atoms with Gasteiger partial charge in [-0.3, -0.25) is 9.59 Å². The Hall–Kier alpha value is -3.67. The van der Waals surface area contributed by atoms with Crippen molar-refractivity contribution in [3.63, 3.8) is 0 Å². The van der Waals surface area contributed by atoms with E-state index in [1.54, 1.807) is 36.4 Å². The highest BCUT2D eigenvalue weighted by Crippen LogP contribution is 2.27. The highest BCUT2D eigenvalue weighted by Gasteiger charge is 2.35. The van der Waals surface area contributed by atoms with Crippen LogP contribution in [-0.4, -0.2) is 18.4 Å². The van der Waals surface area contributed by atoms with Crippen LogP contribution in [0.2, 0.25) is 0 Å². The lowest BCUT2D eigenvalue weighted by molar-refractivity contribution is -0.122. The first-order chi connectivity index (χ1) is 14.1. The number of rotatable bonds is 5. The summed E-state index contributed by atoms with van der Waals surface area (Å²) in [7, 11) is 0. The molecule has 1 aliphatic heterocycles. The zero-order valence-corrected chi connectivity index (χ0v) is 15.5. The fourth-order valence-corrected chi connectivity index (χ4v) is 3.25. The Kier molecular flexibility index (Phi) is 5.24. The van der Waals surface area contributed by atoms with Crippen LogP contribution in [0.5, 0.6) is 11.5 Å². The Bertz CT molecular complexity index is 1020. The molecule has 3 aromatic rings. The van der Waals surface area contributed by atoms with E-state index < -0.39 is 11.7 Å². The van der Waals surface area contributed by atoms with Crippen molar-refractivity contribution in [1.29, 1.82) is 0 Å². The summed E-state index contributed by atoms with van der Waals surface area (Å²) in [6.45, 7) is 0.226. The fourth-order valence-electron chi connectivity index (χ4n) is 3.25. The molecule has 1 unspecified atom stereocenters. The standard InChI is InChI=1S/C23H19FN2O3/c24-17-5-4-6-19(14-17)26-15-16(13-22(26)27)23(28)25-18-9-11-21(12-10-18)29-20-7-2-1-3-8-20/h1-12,14,16H,13,15H2,(H,25,28). The normalized spacial score (nSPS) is 16.0. The monoisotopic (exact) mass is 390 g/mol. The van der Waals surface area contributed by atoms with Gasteiger partial charge in [-0.15, -0.1) is 0 Å². The number of carbonyl (C=O) groups excluding carboxylic acids is 2. The Labute approximate surface area is 167 Å². The van der Waals surface area contributed by atoms with Crippen molar-refractivity contribution in [2.45, 2.75) is 6.42 Å². The predicted molar refractivity (Wildman–Crippen MR) is 108 cm³/mol. The lowest BCUT2D eigenvalue weighted by Gasteiger charge is -2.16. The second-order valence-electron chi connectivity index (χ2n) is 6.81. The summed E-state index contributed by atoms with van der Waals surface area (Å²) < 4.78 is 19.2. The van der Waals surface area contributed by atoms with E-state index in [9.17, 15) is 14.0 Å². The van der Waals surface area contributed by atoms with Crippen molar-refractivity contribution < 1.29 is 18.7 Å². The van der Waals surface area contributed by atoms with E-state index in [-0.39, 0.29) is 24.8 Å². The molecular formula is C23H19FN2O3. The van der Waals surface area contributed by atoms with Crippen LogP contribution in [-0.2, 0) is 9.59 Å². The molecule has 0 aliphatic carbocycles. The van der Waals surface area contributed by atoms with Gasteiger partial charge in [0, 0.05) is 24.3 Å². The van der Waals surface area contributed by atoms with Gasteiger partial charge in [0.2, 0.25) is 11.8 Å². The maximum atomic E-state index is 13.4. The van der Waals surface area contributed by atoms with Crippen LogP contribution in [0.1, 0.15) is 6.42 Å². The van der Waals surface area contributed by atoms with E-state index in [0.717, 1.165) is 5.75 Å². The molecule has 6 heteroatoms. The largest absolute Gasteiger partial charge is 0.457 e. The molecule has 1 aliphatic rings. The van der Waals surface area contributed by atoms with Crippen molar-refractivity contribution in [1.82, 2.24) is 0 Å². The minimum Gasteiger partial charge on any atom is -0.457 e. The molecule has 1 N–H and O–H groups in total. The number of halogens is 1. The Morgan fingerprint density at radius 3 is 2.41 bits per heavy atom. The van der Waals surface area contributed by atoms with E-state index in [4.69, 9.17) is 4.74 Å². The molecule has 1 atom stereocenters. The molecule has 146 valence electrons. The summed E-state index contributed by atoms with van der Waals surface area (Å²) in [5, 5.41) is 2.83. The first kappa shape index (κ1) is 18.7. The number of hydrogen-bond acceptors (Lipinski definition) is 3. The summed E-state index contributed by atoms with van der Waals surface area (Å²) >= 11 is 0. The minimum atomic E-state index is -0.494. The van der Waals surface area contributed by atoms with Gasteiger partial charge < -0.3 is 15.0 Å². The van der Waals surface area contributed by atoms with Gasteiger partial charge in [0.05, 0.1) is 5.92 Å². The molecular weight excluding hydrogens is 371 g/mol. The Morgan fingerprint density at radius 2 is 1.69 bits per heavy atom. The highest BCUT2D eigenvalue weighted by molar-refractivity contribution is 6.03. The number of nitrogens with one attached hydrogen (secondary N) is 1. The van der Waals surface area contributed by atoms with Crippen LogP contribution < -0.4 is 15.0 Å². The summed E-state index contributed by atoms with van der Waals surface area (Å²) in [6.07, 6.45) is 0.0948. The number of benzene rings is 3. The lowest BCUT2D eigenvalue weighted by atomic mass is 10.1. The van der Waals surface area contributed by atoms with E-state index in [2.05, 4.69) is 5.32 Å². The third-order valence-corrected chi connectivity index (χ3v) is 4.72. The number of anilines is 2. The van der Waals surface area contributed by atoms with E-state index in [1.165, 1.54) is 17.0 Å². The fraction of sp³-hybridized carbons (Fsp3) is 0.130. The average molecular weight is 390 g/mol. The topological polar surface area (TPSA) is 58.6 Å². The van der Waals surface area contributed by atoms with Gasteiger partial charge in [-0.05, 0) is 54.6 Å². The zero-order chi connectivity index (χ0) is 20.2. The number of amides is 2. The number of nitrogens with zero attached hydrogens (tertiary/aromatic N) is 1. The molecule has 4 rings (SSSR count). The first-order valence-corrected chi connectivity index (χ1v) is 9.28. The molecule has 3 aromatic carbocycles. The first-order valence-electron chi connectivity index (χ1n) is 9.28. The van der Waals surface area contributed by atoms with Crippen molar-refractivity contribution in [3.8, 4) is 11.5 Å². The van der Waals surface area contributed by atoms with Gasteiger partial charge in [-0.25, -0.2) is 4.39 Å². The van der Waals surface area contributed by atoms with E-state index in [1.807, 2.05) is 30.3 Å². The van der Waals surface area contributed by atoms with Gasteiger partial charge in [0.1, 0.15) is 17.3 Å². The highest BCUT2D eigenvalue weighted by atomic mass is 19.1. The van der Waals surface area contributed by atoms with Gasteiger partial charge in [0.15, 0.2) is 0 Å². The SMILES string of the molecule is O=C(Nc1ccc(Oc2ccccc2)cc1)C1CC(=O)N(c2cccc(F)c2)C1. The molecule has 1 saturated heterocycles. The van der Waals surface area contributed by atoms with Crippen molar-refractivity contribution in [2.24, 2.45) is 5.92 Å². The molecule has 0 radical (unpaired) electrons. The summed E-state index contributed by atoms with van der Waals surface area (Å²) in [5.74, 6) is 0.0390. The number of carbonyl (C=O) groups is 2. The third-order valence-electron chi connectivity index (χ3n) is 4.72. The van der Waals surface area contributed by atoms with E-state index >= 15 is 0 Å². The van der Waals surface area contributed by atoms with E-state index in [0.29, 0.717) is 17.1 Å². The third kappa shape index (κ3) is 4.43. The molecule has 0 aromatic heterocycles. The van der Waals surface area contributed by atoms with Crippen LogP contribution in [0.25, 0.3) is 0 Å². The quantitative estimate of drug-likeness (QED) is 0.692. The molecule has 5 nitrogen and oxygen atoms in total. The summed E-state index contributed by atoms with van der Waals surface area (Å²) in [4.78, 5) is 26.3. The number of para-hydroxylation sites is 1. The summed E-state index contributed by atoms with van der Waals surface area (Å²) in [5.41, 5.74) is 1.08. The predicted octanol–water partition coefficient (Wildman–Crippen LogP) is 4.61. The summed E-state index contributed by atoms with van der Waals surface area (Å²) in [6, 6.07) is 22.3. The molecule has 1 fully saturated rings. The molecule has 0 bridgehead atoms. The van der Waals surface area contributed by atoms with Crippen LogP contribution in [0, 0.1) is 11.7 Å². The maximum absolute atomic E-state index is 13.4. The van der Waals surface area contributed by atoms with Crippen LogP contribution in [0.15, 0.2) is 78.9 Å². The van der Waals surface area contributed by atoms with Crippen molar-refractivity contribution in [2.75, 3.05) is 16.8 Å². The minimum absolute atomic E-state index is 0.0948. The van der Waals surface area contributed by atoms with Gasteiger partial charge in [0.25, 0.3) is 0 Å². The maximum Gasteiger partial charge on any atom is 0.229 e. The molecule has 1 heterocycles. The second kappa shape index (κ2) is 8.14. The van der Waals surface area contributed by atoms with Gasteiger partial charge >= 0.3 is 0 Å². The van der Waals surface area contributed by atoms with Crippen LogP contribution in [0.4, 0.5) is 15.8 Å². The smallest absolute Gasteiger partial charge is 0.229 e. The second-order valence-corrected chi connectivity index (χ2v) is 6.81. The van der Waals surface area contributed by atoms with Gasteiger partial charge in [-0.1, -0.05) is 24.3 Å². The molecule has 2 amide bonds. The average Bonchev–Trinajstić information content (AvgIpc) is 3.12. The lowest BCUT2D eigenvalue weighted by Crippen LogP contribution is -2.28. The van der Waals surface area contributed by atoms with Crippen molar-refractivity contribution in [3.05, 3.63) is 84.7 Å². The van der Waals surface area contributed by atoms with Crippen LogP contribution >= 0.6 is 0 Å². The van der Waals surface area contributed by atoms with Crippen molar-refractivity contribution >= 4 is 23.2 Å². The molecule has 29 heavy (non-hydrogen) atoms. The number of hydrogen-bond donors (Lipinski definition) is 1. The Balaban J connectivity index is 1.37.